The molecule has 0 spiro atoms. The number of aliphatic hydroxyl groups excluding tert-OH is 1. The summed E-state index contributed by atoms with van der Waals surface area (Å²) >= 11 is 13.1. The fraction of sp³-hybridized carbons (Fsp3) is 0.158. The highest BCUT2D eigenvalue weighted by molar-refractivity contribution is 7.80. The van der Waals surface area contributed by atoms with Crippen molar-refractivity contribution < 1.29 is 9.90 Å². The van der Waals surface area contributed by atoms with E-state index in [1.807, 2.05) is 54.6 Å². The molecule has 0 unspecified atom stereocenters. The lowest BCUT2D eigenvalue weighted by Crippen LogP contribution is -2.43. The fourth-order valence-electron chi connectivity index (χ4n) is 2.57. The van der Waals surface area contributed by atoms with Crippen molar-refractivity contribution >= 4 is 56.3 Å². The summed E-state index contributed by atoms with van der Waals surface area (Å²) in [5.41, 5.74) is 1.04. The van der Waals surface area contributed by atoms with Crippen molar-refractivity contribution in [1.29, 1.82) is 0 Å². The number of nitrogens with one attached hydrogen (secondary N) is 1. The number of fused-ring (bicyclic) bond motifs is 1. The van der Waals surface area contributed by atoms with Gasteiger partial charge in [0.25, 0.3) is 5.91 Å². The van der Waals surface area contributed by atoms with Gasteiger partial charge in [0.1, 0.15) is 4.88 Å². The van der Waals surface area contributed by atoms with Gasteiger partial charge in [-0.15, -0.1) is 11.3 Å². The van der Waals surface area contributed by atoms with Crippen LogP contribution in [0.2, 0.25) is 5.02 Å². The lowest BCUT2D eigenvalue weighted by Gasteiger charge is -2.24. The molecule has 1 aromatic heterocycles. The second-order valence-electron chi connectivity index (χ2n) is 5.63. The average molecular weight is 405 g/mol. The van der Waals surface area contributed by atoms with E-state index in [0.29, 0.717) is 23.0 Å². The first-order valence-electron chi connectivity index (χ1n) is 8.02. The molecule has 2 aromatic carbocycles. The number of amides is 1. The van der Waals surface area contributed by atoms with E-state index < -0.39 is 0 Å². The average Bonchev–Trinajstić information content (AvgIpc) is 2.99. The SMILES string of the molecule is O=C(NC(=S)N(CCO)Cc1ccccc1)c1sc2ccccc2c1Cl. The van der Waals surface area contributed by atoms with Crippen molar-refractivity contribution in [2.24, 2.45) is 0 Å². The lowest BCUT2D eigenvalue weighted by molar-refractivity contribution is 0.0976. The zero-order valence-electron chi connectivity index (χ0n) is 13.8. The molecule has 1 heterocycles. The molecular formula is C19H17ClN2O2S2. The number of carbonyl (C=O) groups excluding carboxylic acids is 1. The van der Waals surface area contributed by atoms with Crippen LogP contribution in [0.25, 0.3) is 10.1 Å². The van der Waals surface area contributed by atoms with Gasteiger partial charge >= 0.3 is 0 Å². The van der Waals surface area contributed by atoms with Crippen LogP contribution in [-0.4, -0.2) is 34.2 Å². The molecule has 7 heteroatoms. The van der Waals surface area contributed by atoms with E-state index in [-0.39, 0.29) is 17.6 Å². The molecule has 0 aliphatic carbocycles. The predicted molar refractivity (Wildman–Crippen MR) is 111 cm³/mol. The fourth-order valence-corrected chi connectivity index (χ4v) is 4.23. The monoisotopic (exact) mass is 404 g/mol. The minimum Gasteiger partial charge on any atom is -0.395 e. The summed E-state index contributed by atoms with van der Waals surface area (Å²) in [5, 5.41) is 13.6. The molecule has 0 fully saturated rings. The first-order chi connectivity index (χ1) is 12.6. The molecule has 4 nitrogen and oxygen atoms in total. The van der Waals surface area contributed by atoms with E-state index >= 15 is 0 Å². The topological polar surface area (TPSA) is 52.6 Å². The van der Waals surface area contributed by atoms with E-state index in [2.05, 4.69) is 5.32 Å². The Morgan fingerprint density at radius 1 is 1.15 bits per heavy atom. The van der Waals surface area contributed by atoms with E-state index in [9.17, 15) is 9.90 Å². The van der Waals surface area contributed by atoms with Crippen LogP contribution in [0.4, 0.5) is 0 Å². The molecule has 3 aromatic rings. The minimum absolute atomic E-state index is 0.0630. The third-order valence-electron chi connectivity index (χ3n) is 3.83. The second-order valence-corrected chi connectivity index (χ2v) is 7.45. The third kappa shape index (κ3) is 4.22. The number of hydrogen-bond donors (Lipinski definition) is 2. The Kier molecular flexibility index (Phi) is 6.21. The van der Waals surface area contributed by atoms with Crippen molar-refractivity contribution in [3.8, 4) is 0 Å². The molecule has 3 rings (SSSR count). The molecule has 0 bridgehead atoms. The predicted octanol–water partition coefficient (Wildman–Crippen LogP) is 4.06. The van der Waals surface area contributed by atoms with E-state index in [1.54, 1.807) is 4.90 Å². The van der Waals surface area contributed by atoms with Crippen molar-refractivity contribution in [1.82, 2.24) is 10.2 Å². The Morgan fingerprint density at radius 2 is 1.85 bits per heavy atom. The normalized spacial score (nSPS) is 10.7. The molecule has 26 heavy (non-hydrogen) atoms. The Bertz CT molecular complexity index is 928. The number of carbonyl (C=O) groups is 1. The van der Waals surface area contributed by atoms with E-state index in [4.69, 9.17) is 23.8 Å². The molecule has 2 N–H and O–H groups in total. The summed E-state index contributed by atoms with van der Waals surface area (Å²) in [6.07, 6.45) is 0. The van der Waals surface area contributed by atoms with Crippen LogP contribution in [-0.2, 0) is 6.54 Å². The molecule has 0 atom stereocenters. The molecular weight excluding hydrogens is 388 g/mol. The van der Waals surface area contributed by atoms with E-state index in [0.717, 1.165) is 15.6 Å². The summed E-state index contributed by atoms with van der Waals surface area (Å²) in [7, 11) is 0. The van der Waals surface area contributed by atoms with Crippen molar-refractivity contribution in [3.05, 3.63) is 70.1 Å². The van der Waals surface area contributed by atoms with Gasteiger partial charge < -0.3 is 10.0 Å². The van der Waals surface area contributed by atoms with Crippen molar-refractivity contribution in [3.63, 3.8) is 0 Å². The van der Waals surface area contributed by atoms with Gasteiger partial charge in [-0.25, -0.2) is 0 Å². The Hall–Kier alpha value is -1.99. The number of thiocarbonyl (C=S) groups is 1. The van der Waals surface area contributed by atoms with Crippen LogP contribution in [0.5, 0.6) is 0 Å². The van der Waals surface area contributed by atoms with Gasteiger partial charge in [0.15, 0.2) is 5.11 Å². The van der Waals surface area contributed by atoms with Gasteiger partial charge in [0.05, 0.1) is 11.6 Å². The van der Waals surface area contributed by atoms with Crippen LogP contribution < -0.4 is 5.32 Å². The van der Waals surface area contributed by atoms with Crippen LogP contribution in [0.15, 0.2) is 54.6 Å². The first-order valence-corrected chi connectivity index (χ1v) is 9.62. The number of thiophene rings is 1. The first kappa shape index (κ1) is 18.8. The highest BCUT2D eigenvalue weighted by Gasteiger charge is 2.20. The quantitative estimate of drug-likeness (QED) is 0.629. The number of rotatable bonds is 5. The molecule has 0 saturated heterocycles. The minimum atomic E-state index is -0.336. The standard InChI is InChI=1S/C19H17ClN2O2S2/c20-16-14-8-4-5-9-15(14)26-17(16)18(24)21-19(25)22(10-11-23)12-13-6-2-1-3-7-13/h1-9,23H,10-12H2,(H,21,24,25). The molecule has 0 saturated carbocycles. The summed E-state index contributed by atoms with van der Waals surface area (Å²) < 4.78 is 0.949. The van der Waals surface area contributed by atoms with Gasteiger partial charge in [-0.2, -0.15) is 0 Å². The van der Waals surface area contributed by atoms with Crippen LogP contribution in [0.3, 0.4) is 0 Å². The summed E-state index contributed by atoms with van der Waals surface area (Å²) in [5.74, 6) is -0.336. The Labute approximate surface area is 166 Å². The number of aliphatic hydroxyl groups is 1. The summed E-state index contributed by atoms with van der Waals surface area (Å²) in [6, 6.07) is 17.3. The molecule has 1 amide bonds. The Balaban J connectivity index is 1.75. The summed E-state index contributed by atoms with van der Waals surface area (Å²) in [4.78, 5) is 14.8. The summed E-state index contributed by atoms with van der Waals surface area (Å²) in [6.45, 7) is 0.765. The maximum Gasteiger partial charge on any atom is 0.269 e. The smallest absolute Gasteiger partial charge is 0.269 e. The highest BCUT2D eigenvalue weighted by Crippen LogP contribution is 2.34. The van der Waals surface area contributed by atoms with Gasteiger partial charge in [0.2, 0.25) is 0 Å². The van der Waals surface area contributed by atoms with Gasteiger partial charge in [-0.1, -0.05) is 60.1 Å². The number of halogens is 1. The lowest BCUT2D eigenvalue weighted by atomic mass is 10.2. The zero-order valence-corrected chi connectivity index (χ0v) is 16.2. The van der Waals surface area contributed by atoms with Crippen LogP contribution in [0.1, 0.15) is 15.2 Å². The zero-order chi connectivity index (χ0) is 18.5. The second kappa shape index (κ2) is 8.60. The number of benzene rings is 2. The highest BCUT2D eigenvalue weighted by atomic mass is 35.5. The molecule has 134 valence electrons. The maximum absolute atomic E-state index is 12.6. The van der Waals surface area contributed by atoms with Crippen molar-refractivity contribution in [2.45, 2.75) is 6.54 Å². The van der Waals surface area contributed by atoms with Crippen LogP contribution in [0, 0.1) is 0 Å². The largest absolute Gasteiger partial charge is 0.395 e. The maximum atomic E-state index is 12.6. The number of nitrogens with zero attached hydrogens (tertiary/aromatic N) is 1. The van der Waals surface area contributed by atoms with Crippen molar-refractivity contribution in [2.75, 3.05) is 13.2 Å². The van der Waals surface area contributed by atoms with E-state index in [1.165, 1.54) is 11.3 Å². The van der Waals surface area contributed by atoms with Gasteiger partial charge in [0, 0.05) is 23.2 Å². The molecule has 0 radical (unpaired) electrons. The third-order valence-corrected chi connectivity index (χ3v) is 5.87. The van der Waals surface area contributed by atoms with Gasteiger partial charge in [-0.05, 0) is 23.8 Å². The van der Waals surface area contributed by atoms with Crippen LogP contribution >= 0.6 is 35.2 Å². The molecule has 0 aliphatic rings. The Morgan fingerprint density at radius 3 is 2.54 bits per heavy atom. The van der Waals surface area contributed by atoms with Gasteiger partial charge in [-0.3, -0.25) is 10.1 Å². The number of hydrogen-bond acceptors (Lipinski definition) is 4. The molecule has 0 aliphatic heterocycles.